The Morgan fingerprint density at radius 2 is 1.65 bits per heavy atom. The van der Waals surface area contributed by atoms with Crippen molar-refractivity contribution in [2.45, 2.75) is 101 Å². The van der Waals surface area contributed by atoms with Crippen molar-refractivity contribution in [1.82, 2.24) is 25.0 Å². The first-order valence-electron chi connectivity index (χ1n) is 20.6. The minimum atomic E-state index is -0.950. The molecule has 1 aliphatic carbocycles. The number of hydrogen-bond acceptors (Lipinski definition) is 10. The van der Waals surface area contributed by atoms with E-state index in [2.05, 4.69) is 44.4 Å². The Morgan fingerprint density at radius 1 is 0.877 bits per heavy atom. The van der Waals surface area contributed by atoms with E-state index >= 15 is 0 Å². The van der Waals surface area contributed by atoms with Crippen LogP contribution in [0.1, 0.15) is 108 Å². The fourth-order valence-corrected chi connectivity index (χ4v) is 10.6. The van der Waals surface area contributed by atoms with E-state index in [0.717, 1.165) is 99.8 Å². The number of piperazine rings is 1. The molecule has 1 saturated carbocycles. The maximum absolute atomic E-state index is 13.7. The number of hydrogen-bond donors (Lipinski definition) is 1. The number of piperidine rings is 2. The van der Waals surface area contributed by atoms with E-state index < -0.39 is 23.8 Å². The molecule has 5 aliphatic heterocycles. The molecule has 296 valence electrons. The minimum absolute atomic E-state index is 0.111. The van der Waals surface area contributed by atoms with Gasteiger partial charge in [-0.3, -0.25) is 39.2 Å². The molecule has 0 spiro atoms. The zero-order valence-electron chi connectivity index (χ0n) is 32.1. The number of nitrogens with zero attached hydrogens (tertiary/aromatic N) is 6. The van der Waals surface area contributed by atoms with E-state index in [-0.39, 0.29) is 30.8 Å². The molecule has 3 unspecified atom stereocenters. The van der Waals surface area contributed by atoms with Crippen molar-refractivity contribution in [3.63, 3.8) is 0 Å². The number of nitriles is 1. The van der Waals surface area contributed by atoms with Crippen molar-refractivity contribution < 1.29 is 23.9 Å². The summed E-state index contributed by atoms with van der Waals surface area (Å²) >= 11 is 6.25. The molecule has 0 radical (unpaired) electrons. The summed E-state index contributed by atoms with van der Waals surface area (Å²) in [4.78, 5) is 64.9. The number of halogens is 1. The molecule has 12 nitrogen and oxygen atoms in total. The summed E-state index contributed by atoms with van der Waals surface area (Å²) in [5.74, 6) is 0.740. The average Bonchev–Trinajstić information content (AvgIpc) is 3.60. The van der Waals surface area contributed by atoms with Gasteiger partial charge in [-0.1, -0.05) is 29.8 Å². The normalized spacial score (nSPS) is 28.0. The first kappa shape index (κ1) is 37.7. The van der Waals surface area contributed by atoms with Crippen molar-refractivity contribution in [2.24, 2.45) is 5.92 Å². The molecular weight excluding hydrogens is 742 g/mol. The quantitative estimate of drug-likeness (QED) is 0.270. The van der Waals surface area contributed by atoms with Crippen LogP contribution in [0.3, 0.4) is 0 Å². The standard InChI is InChI=1S/C44H48ClN7O5/c45-37-22-33(12-9-30(37)23-46)57-34-20-31-10-11-32(21-34)51(31)26-28-6-14-39(47-24-28)50-18-16-49(17-19-50)25-27-4-7-29(8-5-27)35-2-1-3-36-41(35)44(56)52(43(36)55)38-13-15-40(53)48-42(38)54/h1-3,6,9,12,14,22,24,27,29,31-32,34,38H,4-5,7-8,10-11,13,15-21,25-26H2,(H,48,53,54). The van der Waals surface area contributed by atoms with Gasteiger partial charge in [0.25, 0.3) is 11.8 Å². The molecule has 4 amide bonds. The number of ether oxygens (including phenoxy) is 1. The van der Waals surface area contributed by atoms with Gasteiger partial charge in [0.15, 0.2) is 0 Å². The molecule has 1 aromatic heterocycles. The molecule has 5 fully saturated rings. The van der Waals surface area contributed by atoms with Gasteiger partial charge >= 0.3 is 0 Å². The van der Waals surface area contributed by atoms with E-state index in [4.69, 9.17) is 21.3 Å². The van der Waals surface area contributed by atoms with E-state index in [1.165, 1.54) is 18.4 Å². The number of carbonyl (C=O) groups excluding carboxylic acids is 4. The van der Waals surface area contributed by atoms with Crippen LogP contribution in [0.4, 0.5) is 5.82 Å². The molecule has 9 rings (SSSR count). The van der Waals surface area contributed by atoms with Gasteiger partial charge in [-0.2, -0.15) is 5.26 Å². The number of imide groups is 2. The van der Waals surface area contributed by atoms with Crippen molar-refractivity contribution in [3.8, 4) is 11.8 Å². The van der Waals surface area contributed by atoms with Crippen molar-refractivity contribution >= 4 is 41.0 Å². The van der Waals surface area contributed by atoms with E-state index in [9.17, 15) is 24.4 Å². The molecule has 6 aliphatic rings. The topological polar surface area (TPSA) is 139 Å². The number of rotatable bonds is 9. The highest BCUT2D eigenvalue weighted by molar-refractivity contribution is 6.31. The fraction of sp³-hybridized carbons (Fsp3) is 0.500. The summed E-state index contributed by atoms with van der Waals surface area (Å²) in [6, 6.07) is 17.4. The van der Waals surface area contributed by atoms with Crippen molar-refractivity contribution in [1.29, 1.82) is 5.26 Å². The van der Waals surface area contributed by atoms with Crippen LogP contribution in [0.2, 0.25) is 5.02 Å². The van der Waals surface area contributed by atoms with Gasteiger partial charge in [0.1, 0.15) is 29.8 Å². The smallest absolute Gasteiger partial charge is 0.262 e. The Labute approximate surface area is 338 Å². The molecule has 57 heavy (non-hydrogen) atoms. The molecule has 3 atom stereocenters. The lowest BCUT2D eigenvalue weighted by atomic mass is 9.76. The van der Waals surface area contributed by atoms with E-state index in [0.29, 0.717) is 39.7 Å². The highest BCUT2D eigenvalue weighted by Crippen LogP contribution is 2.42. The fourth-order valence-electron chi connectivity index (χ4n) is 10.4. The lowest BCUT2D eigenvalue weighted by Crippen LogP contribution is -2.54. The molecule has 1 N–H and O–H groups in total. The third kappa shape index (κ3) is 7.53. The van der Waals surface area contributed by atoms with Gasteiger partial charge in [0.2, 0.25) is 11.8 Å². The van der Waals surface area contributed by atoms with Crippen LogP contribution in [0.25, 0.3) is 0 Å². The van der Waals surface area contributed by atoms with Gasteiger partial charge in [-0.15, -0.1) is 0 Å². The van der Waals surface area contributed by atoms with Crippen molar-refractivity contribution in [3.05, 3.63) is 87.6 Å². The highest BCUT2D eigenvalue weighted by Gasteiger charge is 2.46. The van der Waals surface area contributed by atoms with Gasteiger partial charge < -0.3 is 9.64 Å². The molecule has 13 heteroatoms. The molecule has 4 saturated heterocycles. The average molecular weight is 790 g/mol. The summed E-state index contributed by atoms with van der Waals surface area (Å²) in [5.41, 5.74) is 3.44. The van der Waals surface area contributed by atoms with Crippen LogP contribution in [-0.4, -0.2) is 100 Å². The third-order valence-electron chi connectivity index (χ3n) is 13.4. The Hall–Kier alpha value is -4.83. The number of amides is 4. The summed E-state index contributed by atoms with van der Waals surface area (Å²) in [6.45, 7) is 5.84. The largest absolute Gasteiger partial charge is 0.490 e. The highest BCUT2D eigenvalue weighted by atomic mass is 35.5. The van der Waals surface area contributed by atoms with Gasteiger partial charge in [0.05, 0.1) is 21.7 Å². The minimum Gasteiger partial charge on any atom is -0.490 e. The first-order chi connectivity index (χ1) is 27.7. The molecule has 2 bridgehead atoms. The van der Waals surface area contributed by atoms with Gasteiger partial charge in [0, 0.05) is 70.0 Å². The number of benzene rings is 2. The van der Waals surface area contributed by atoms with Gasteiger partial charge in [-0.25, -0.2) is 4.98 Å². The molecular formula is C44H48ClN7O5. The lowest BCUT2D eigenvalue weighted by Gasteiger charge is -2.39. The maximum atomic E-state index is 13.7. The molecule has 2 aromatic carbocycles. The number of nitrogens with one attached hydrogen (secondary N) is 1. The number of aromatic nitrogens is 1. The second-order valence-corrected chi connectivity index (χ2v) is 17.2. The van der Waals surface area contributed by atoms with Crippen LogP contribution in [-0.2, 0) is 16.1 Å². The zero-order valence-corrected chi connectivity index (χ0v) is 32.8. The summed E-state index contributed by atoms with van der Waals surface area (Å²) < 4.78 is 6.33. The van der Waals surface area contributed by atoms with Gasteiger partial charge in [-0.05, 0) is 105 Å². The number of pyridine rings is 1. The Bertz CT molecular complexity index is 2090. The Kier molecular flexibility index (Phi) is 10.5. The lowest BCUT2D eigenvalue weighted by molar-refractivity contribution is -0.136. The second-order valence-electron chi connectivity index (χ2n) is 16.8. The van der Waals surface area contributed by atoms with Crippen LogP contribution in [0.15, 0.2) is 54.7 Å². The van der Waals surface area contributed by atoms with Crippen molar-refractivity contribution in [2.75, 3.05) is 37.6 Å². The van der Waals surface area contributed by atoms with E-state index in [1.54, 1.807) is 18.2 Å². The summed E-state index contributed by atoms with van der Waals surface area (Å²) in [6.07, 6.45) is 10.8. The van der Waals surface area contributed by atoms with Crippen LogP contribution in [0, 0.1) is 17.2 Å². The Morgan fingerprint density at radius 3 is 2.33 bits per heavy atom. The number of carbonyl (C=O) groups is 4. The third-order valence-corrected chi connectivity index (χ3v) is 13.7. The SMILES string of the molecule is N#Cc1ccc(OC2CC3CCC(C2)N3Cc2ccc(N3CCN(CC4CCC(c5cccc6c5C(=O)N(C5CCC(=O)NC5=O)C6=O)CC4)CC3)nc2)cc1Cl. The molecule has 6 heterocycles. The van der Waals surface area contributed by atoms with Crippen LogP contribution >= 0.6 is 11.6 Å². The molecule has 3 aromatic rings. The Balaban J connectivity index is 0.731. The maximum Gasteiger partial charge on any atom is 0.262 e. The second kappa shape index (κ2) is 15.8. The first-order valence-corrected chi connectivity index (χ1v) is 21.0. The van der Waals surface area contributed by atoms with Crippen LogP contribution in [0.5, 0.6) is 5.75 Å². The predicted molar refractivity (Wildman–Crippen MR) is 213 cm³/mol. The van der Waals surface area contributed by atoms with Crippen LogP contribution < -0.4 is 15.0 Å². The number of fused-ring (bicyclic) bond motifs is 3. The summed E-state index contributed by atoms with van der Waals surface area (Å²) in [7, 11) is 0. The zero-order chi connectivity index (χ0) is 39.2. The monoisotopic (exact) mass is 789 g/mol. The summed E-state index contributed by atoms with van der Waals surface area (Å²) in [5, 5.41) is 11.9. The predicted octanol–water partition coefficient (Wildman–Crippen LogP) is 5.68. The van der Waals surface area contributed by atoms with E-state index in [1.807, 2.05) is 18.2 Å². The number of anilines is 1.